The molecule has 1 aliphatic rings. The normalized spacial score (nSPS) is 24.9. The maximum absolute atomic E-state index is 8.49. The number of hydrogen-bond donors (Lipinski definition) is 1. The summed E-state index contributed by atoms with van der Waals surface area (Å²) < 4.78 is 0. The summed E-state index contributed by atoms with van der Waals surface area (Å²) in [6, 6.07) is 2.47. The Morgan fingerprint density at radius 1 is 1.54 bits per heavy atom. The van der Waals surface area contributed by atoms with E-state index in [2.05, 4.69) is 22.2 Å². The van der Waals surface area contributed by atoms with Gasteiger partial charge in [-0.15, -0.1) is 0 Å². The summed E-state index contributed by atoms with van der Waals surface area (Å²) >= 11 is 0. The molecule has 0 radical (unpaired) electrons. The highest BCUT2D eigenvalue weighted by Crippen LogP contribution is 2.31. The van der Waals surface area contributed by atoms with Gasteiger partial charge >= 0.3 is 0 Å². The zero-order valence-electron chi connectivity index (χ0n) is 7.36. The Morgan fingerprint density at radius 2 is 2.31 bits per heavy atom. The molecule has 1 aromatic heterocycles. The van der Waals surface area contributed by atoms with Crippen molar-refractivity contribution in [2.75, 3.05) is 5.32 Å². The monoisotopic (exact) mass is 174 g/mol. The zero-order chi connectivity index (χ0) is 9.26. The van der Waals surface area contributed by atoms with Crippen LogP contribution in [-0.2, 0) is 0 Å². The molecule has 2 rings (SSSR count). The van der Waals surface area contributed by atoms with Crippen LogP contribution in [0.3, 0.4) is 0 Å². The standard InChI is InChI=1S/C9H10N4/c1-6-2-8(6)13-9-5-11-7(3-10)4-12-9/h4-6,8H,2H2,1H3,(H,12,13). The van der Waals surface area contributed by atoms with Crippen molar-refractivity contribution in [2.45, 2.75) is 19.4 Å². The zero-order valence-corrected chi connectivity index (χ0v) is 7.36. The second-order valence-corrected chi connectivity index (χ2v) is 3.36. The highest BCUT2D eigenvalue weighted by molar-refractivity contribution is 5.36. The number of hydrogen-bond acceptors (Lipinski definition) is 4. The third-order valence-corrected chi connectivity index (χ3v) is 2.21. The van der Waals surface area contributed by atoms with E-state index >= 15 is 0 Å². The molecule has 0 saturated heterocycles. The molecule has 4 nitrogen and oxygen atoms in total. The number of rotatable bonds is 2. The van der Waals surface area contributed by atoms with Crippen LogP contribution in [0.4, 0.5) is 5.82 Å². The lowest BCUT2D eigenvalue weighted by Crippen LogP contribution is -2.05. The largest absolute Gasteiger partial charge is 0.366 e. The fourth-order valence-electron chi connectivity index (χ4n) is 1.17. The molecule has 0 aliphatic heterocycles. The molecule has 1 heterocycles. The van der Waals surface area contributed by atoms with Gasteiger partial charge in [-0.1, -0.05) is 6.92 Å². The summed E-state index contributed by atoms with van der Waals surface area (Å²) in [6.07, 6.45) is 4.28. The Morgan fingerprint density at radius 3 is 2.77 bits per heavy atom. The molecule has 0 spiro atoms. The first-order valence-electron chi connectivity index (χ1n) is 4.28. The fraction of sp³-hybridized carbons (Fsp3) is 0.444. The highest BCUT2D eigenvalue weighted by Gasteiger charge is 2.32. The highest BCUT2D eigenvalue weighted by atomic mass is 15.1. The van der Waals surface area contributed by atoms with Gasteiger partial charge in [0.2, 0.25) is 0 Å². The maximum Gasteiger partial charge on any atom is 0.158 e. The molecule has 2 unspecified atom stereocenters. The molecule has 0 aromatic carbocycles. The Hall–Kier alpha value is -1.63. The van der Waals surface area contributed by atoms with E-state index in [1.54, 1.807) is 6.20 Å². The number of aromatic nitrogens is 2. The van der Waals surface area contributed by atoms with Crippen molar-refractivity contribution < 1.29 is 0 Å². The lowest BCUT2D eigenvalue weighted by atomic mass is 10.4. The summed E-state index contributed by atoms with van der Waals surface area (Å²) in [7, 11) is 0. The first-order valence-corrected chi connectivity index (χ1v) is 4.28. The average molecular weight is 174 g/mol. The minimum atomic E-state index is 0.356. The van der Waals surface area contributed by atoms with E-state index in [1.165, 1.54) is 12.6 Å². The first-order chi connectivity index (χ1) is 6.29. The molecule has 1 aromatic rings. The smallest absolute Gasteiger partial charge is 0.158 e. The van der Waals surface area contributed by atoms with E-state index in [4.69, 9.17) is 5.26 Å². The van der Waals surface area contributed by atoms with Crippen molar-refractivity contribution >= 4 is 5.82 Å². The van der Waals surface area contributed by atoms with Gasteiger partial charge in [0.25, 0.3) is 0 Å². The van der Waals surface area contributed by atoms with Crippen LogP contribution in [0, 0.1) is 17.2 Å². The van der Waals surface area contributed by atoms with Crippen LogP contribution in [0.2, 0.25) is 0 Å². The Kier molecular flexibility index (Phi) is 1.85. The van der Waals surface area contributed by atoms with Crippen molar-refractivity contribution in [3.05, 3.63) is 18.1 Å². The third-order valence-electron chi connectivity index (χ3n) is 2.21. The van der Waals surface area contributed by atoms with Gasteiger partial charge in [-0.05, 0) is 12.3 Å². The molecule has 4 heteroatoms. The van der Waals surface area contributed by atoms with Crippen molar-refractivity contribution in [1.29, 1.82) is 5.26 Å². The van der Waals surface area contributed by atoms with Gasteiger partial charge < -0.3 is 5.32 Å². The average Bonchev–Trinajstić information content (AvgIpc) is 2.83. The van der Waals surface area contributed by atoms with Crippen molar-refractivity contribution in [1.82, 2.24) is 9.97 Å². The van der Waals surface area contributed by atoms with E-state index in [-0.39, 0.29) is 0 Å². The number of anilines is 1. The van der Waals surface area contributed by atoms with Gasteiger partial charge in [-0.2, -0.15) is 5.26 Å². The Bertz CT molecular complexity index is 338. The van der Waals surface area contributed by atoms with Crippen LogP contribution < -0.4 is 5.32 Å². The van der Waals surface area contributed by atoms with Gasteiger partial charge in [0.15, 0.2) is 5.69 Å². The molecule has 1 N–H and O–H groups in total. The van der Waals surface area contributed by atoms with Crippen LogP contribution >= 0.6 is 0 Å². The maximum atomic E-state index is 8.49. The van der Waals surface area contributed by atoms with Gasteiger partial charge in [-0.25, -0.2) is 9.97 Å². The molecule has 2 atom stereocenters. The SMILES string of the molecule is CC1CC1Nc1cnc(C#N)cn1. The summed E-state index contributed by atoms with van der Waals surface area (Å²) in [5, 5.41) is 11.7. The molecule has 0 bridgehead atoms. The van der Waals surface area contributed by atoms with E-state index in [0.717, 1.165) is 11.7 Å². The molecular formula is C9H10N4. The van der Waals surface area contributed by atoms with Gasteiger partial charge in [0.1, 0.15) is 11.9 Å². The van der Waals surface area contributed by atoms with Crippen molar-refractivity contribution in [3.63, 3.8) is 0 Å². The van der Waals surface area contributed by atoms with Crippen LogP contribution in [0.5, 0.6) is 0 Å². The van der Waals surface area contributed by atoms with E-state index in [9.17, 15) is 0 Å². The van der Waals surface area contributed by atoms with Crippen molar-refractivity contribution in [2.24, 2.45) is 5.92 Å². The second kappa shape index (κ2) is 3.02. The Labute approximate surface area is 76.6 Å². The molecule has 0 amide bonds. The number of nitriles is 1. The van der Waals surface area contributed by atoms with Crippen LogP contribution in [0.25, 0.3) is 0 Å². The summed E-state index contributed by atoms with van der Waals surface area (Å²) in [4.78, 5) is 7.98. The lowest BCUT2D eigenvalue weighted by Gasteiger charge is -2.01. The summed E-state index contributed by atoms with van der Waals surface area (Å²) in [5.74, 6) is 1.49. The van der Waals surface area contributed by atoms with Crippen LogP contribution in [0.1, 0.15) is 19.0 Å². The minimum Gasteiger partial charge on any atom is -0.366 e. The van der Waals surface area contributed by atoms with Gasteiger partial charge in [-0.3, -0.25) is 0 Å². The van der Waals surface area contributed by atoms with Gasteiger partial charge in [0, 0.05) is 6.04 Å². The molecular weight excluding hydrogens is 164 g/mol. The Balaban J connectivity index is 2.02. The van der Waals surface area contributed by atoms with Crippen molar-refractivity contribution in [3.8, 4) is 6.07 Å². The third kappa shape index (κ3) is 1.75. The summed E-state index contributed by atoms with van der Waals surface area (Å²) in [6.45, 7) is 2.19. The second-order valence-electron chi connectivity index (χ2n) is 3.36. The number of nitrogens with zero attached hydrogens (tertiary/aromatic N) is 3. The minimum absolute atomic E-state index is 0.356. The topological polar surface area (TPSA) is 61.6 Å². The van der Waals surface area contributed by atoms with E-state index in [0.29, 0.717) is 11.7 Å². The quantitative estimate of drug-likeness (QED) is 0.731. The molecule has 66 valence electrons. The van der Waals surface area contributed by atoms with Crippen LogP contribution in [0.15, 0.2) is 12.4 Å². The first kappa shape index (κ1) is 7.99. The number of nitrogens with one attached hydrogen (secondary N) is 1. The lowest BCUT2D eigenvalue weighted by molar-refractivity contribution is 0.921. The predicted molar refractivity (Wildman–Crippen MR) is 47.9 cm³/mol. The molecule has 13 heavy (non-hydrogen) atoms. The van der Waals surface area contributed by atoms with E-state index in [1.807, 2.05) is 6.07 Å². The predicted octanol–water partition coefficient (Wildman–Crippen LogP) is 1.17. The molecule has 1 aliphatic carbocycles. The molecule has 1 fully saturated rings. The summed E-state index contributed by atoms with van der Waals surface area (Å²) in [5.41, 5.74) is 0.356. The van der Waals surface area contributed by atoms with Gasteiger partial charge in [0.05, 0.1) is 12.4 Å². The van der Waals surface area contributed by atoms with Crippen LogP contribution in [-0.4, -0.2) is 16.0 Å². The molecule has 1 saturated carbocycles. The van der Waals surface area contributed by atoms with E-state index < -0.39 is 0 Å². The fourth-order valence-corrected chi connectivity index (χ4v) is 1.17.